The van der Waals surface area contributed by atoms with Crippen LogP contribution < -0.4 is 10.1 Å². The molecule has 0 aliphatic rings. The Morgan fingerprint density at radius 2 is 2.43 bits per heavy atom. The molecule has 0 saturated carbocycles. The van der Waals surface area contributed by atoms with Crippen LogP contribution in [0.15, 0.2) is 18.3 Å². The molecule has 2 rings (SSSR count). The standard InChI is InChI=1S/C12H10ClFN6O/c1-2-21-11-9(13)3-8(4-10(11)14)16-6-7(5-15)12-17-19-20-18-12/h3-4,6,16H,2H2,1H3,(H,17,18,19,20). The van der Waals surface area contributed by atoms with E-state index in [0.29, 0.717) is 12.3 Å². The van der Waals surface area contributed by atoms with Gasteiger partial charge in [0.05, 0.1) is 11.6 Å². The van der Waals surface area contributed by atoms with E-state index in [1.807, 2.05) is 6.07 Å². The fourth-order valence-corrected chi connectivity index (χ4v) is 1.77. The van der Waals surface area contributed by atoms with Gasteiger partial charge in [-0.05, 0) is 18.2 Å². The van der Waals surface area contributed by atoms with Gasteiger partial charge in [0, 0.05) is 18.0 Å². The highest BCUT2D eigenvalue weighted by Crippen LogP contribution is 2.31. The lowest BCUT2D eigenvalue weighted by Gasteiger charge is -2.09. The number of nitrogens with zero attached hydrogens (tertiary/aromatic N) is 4. The monoisotopic (exact) mass is 308 g/mol. The van der Waals surface area contributed by atoms with Crippen LogP contribution in [0.4, 0.5) is 10.1 Å². The van der Waals surface area contributed by atoms with Crippen molar-refractivity contribution < 1.29 is 9.13 Å². The summed E-state index contributed by atoms with van der Waals surface area (Å²) in [6, 6.07) is 4.59. The summed E-state index contributed by atoms with van der Waals surface area (Å²) in [7, 11) is 0. The van der Waals surface area contributed by atoms with E-state index in [4.69, 9.17) is 21.6 Å². The number of tetrazole rings is 1. The number of aromatic amines is 1. The molecule has 0 atom stereocenters. The summed E-state index contributed by atoms with van der Waals surface area (Å²) in [6.45, 7) is 2.04. The summed E-state index contributed by atoms with van der Waals surface area (Å²) < 4.78 is 18.9. The highest BCUT2D eigenvalue weighted by Gasteiger charge is 2.11. The quantitative estimate of drug-likeness (QED) is 0.823. The summed E-state index contributed by atoms with van der Waals surface area (Å²) in [5.41, 5.74) is 0.492. The van der Waals surface area contributed by atoms with Gasteiger partial charge < -0.3 is 10.1 Å². The van der Waals surface area contributed by atoms with Gasteiger partial charge in [-0.1, -0.05) is 11.6 Å². The molecule has 0 aliphatic heterocycles. The van der Waals surface area contributed by atoms with Crippen molar-refractivity contribution in [3.8, 4) is 11.8 Å². The van der Waals surface area contributed by atoms with Crippen molar-refractivity contribution in [3.63, 3.8) is 0 Å². The van der Waals surface area contributed by atoms with Crippen LogP contribution in [0.3, 0.4) is 0 Å². The minimum atomic E-state index is -0.599. The molecule has 2 aromatic rings. The average molecular weight is 309 g/mol. The van der Waals surface area contributed by atoms with Crippen LogP contribution in [0.25, 0.3) is 5.57 Å². The molecule has 0 amide bonds. The van der Waals surface area contributed by atoms with Gasteiger partial charge in [0.15, 0.2) is 11.6 Å². The lowest BCUT2D eigenvalue weighted by molar-refractivity contribution is 0.322. The van der Waals surface area contributed by atoms with Crippen molar-refractivity contribution in [2.45, 2.75) is 6.92 Å². The van der Waals surface area contributed by atoms with Crippen molar-refractivity contribution in [3.05, 3.63) is 35.0 Å². The van der Waals surface area contributed by atoms with E-state index in [9.17, 15) is 4.39 Å². The Kier molecular flexibility index (Phi) is 4.68. The van der Waals surface area contributed by atoms with Crippen LogP contribution in [0.5, 0.6) is 5.75 Å². The number of anilines is 1. The molecule has 7 nitrogen and oxygen atoms in total. The maximum atomic E-state index is 13.8. The van der Waals surface area contributed by atoms with Crippen molar-refractivity contribution in [1.82, 2.24) is 20.6 Å². The molecule has 0 aliphatic carbocycles. The number of ether oxygens (including phenoxy) is 1. The average Bonchev–Trinajstić information content (AvgIpc) is 2.98. The number of aromatic nitrogens is 4. The highest BCUT2D eigenvalue weighted by atomic mass is 35.5. The zero-order valence-corrected chi connectivity index (χ0v) is 11.6. The van der Waals surface area contributed by atoms with Gasteiger partial charge >= 0.3 is 0 Å². The Morgan fingerprint density at radius 1 is 1.62 bits per heavy atom. The largest absolute Gasteiger partial charge is 0.489 e. The van der Waals surface area contributed by atoms with E-state index >= 15 is 0 Å². The number of nitriles is 1. The Morgan fingerprint density at radius 3 is 3.00 bits per heavy atom. The van der Waals surface area contributed by atoms with Crippen LogP contribution in [-0.4, -0.2) is 27.2 Å². The van der Waals surface area contributed by atoms with Crippen LogP contribution in [0.2, 0.25) is 5.02 Å². The first-order valence-corrected chi connectivity index (χ1v) is 6.26. The number of rotatable bonds is 5. The predicted octanol–water partition coefficient (Wildman–Crippen LogP) is 2.37. The molecular weight excluding hydrogens is 299 g/mol. The van der Waals surface area contributed by atoms with Gasteiger partial charge in [0.25, 0.3) is 0 Å². The topological polar surface area (TPSA) is 99.5 Å². The Bertz CT molecular complexity index is 671. The summed E-state index contributed by atoms with van der Waals surface area (Å²) in [4.78, 5) is 0. The van der Waals surface area contributed by atoms with Crippen LogP contribution >= 0.6 is 11.6 Å². The number of hydrogen-bond donors (Lipinski definition) is 2. The number of allylic oxidation sites excluding steroid dienone is 1. The van der Waals surface area contributed by atoms with E-state index in [1.54, 1.807) is 6.92 Å². The van der Waals surface area contributed by atoms with Crippen LogP contribution in [-0.2, 0) is 0 Å². The fourth-order valence-electron chi connectivity index (χ4n) is 1.50. The minimum absolute atomic E-state index is 0.00706. The number of halogens is 2. The predicted molar refractivity (Wildman–Crippen MR) is 74.0 cm³/mol. The molecule has 0 spiro atoms. The van der Waals surface area contributed by atoms with E-state index in [2.05, 4.69) is 25.9 Å². The molecular formula is C12H10ClFN6O. The van der Waals surface area contributed by atoms with Crippen molar-refractivity contribution in [1.29, 1.82) is 5.26 Å². The smallest absolute Gasteiger partial charge is 0.216 e. The van der Waals surface area contributed by atoms with Crippen molar-refractivity contribution >= 4 is 22.9 Å². The molecule has 108 valence electrons. The molecule has 9 heteroatoms. The van der Waals surface area contributed by atoms with Gasteiger partial charge in [-0.25, -0.2) is 4.39 Å². The third kappa shape index (κ3) is 3.46. The summed E-state index contributed by atoms with van der Waals surface area (Å²) in [5.74, 6) is -0.479. The van der Waals surface area contributed by atoms with Gasteiger partial charge in [0.2, 0.25) is 5.82 Å². The van der Waals surface area contributed by atoms with E-state index in [-0.39, 0.29) is 22.2 Å². The molecule has 0 saturated heterocycles. The molecule has 0 bridgehead atoms. The third-order valence-electron chi connectivity index (χ3n) is 2.38. The number of hydrogen-bond acceptors (Lipinski definition) is 6. The normalized spacial score (nSPS) is 11.0. The summed E-state index contributed by atoms with van der Waals surface area (Å²) in [5, 5.41) is 24.8. The third-order valence-corrected chi connectivity index (χ3v) is 2.66. The van der Waals surface area contributed by atoms with Crippen molar-refractivity contribution in [2.24, 2.45) is 0 Å². The maximum absolute atomic E-state index is 13.8. The molecule has 21 heavy (non-hydrogen) atoms. The molecule has 2 N–H and O–H groups in total. The first-order valence-electron chi connectivity index (χ1n) is 5.88. The number of nitrogens with one attached hydrogen (secondary N) is 2. The van der Waals surface area contributed by atoms with Crippen LogP contribution in [0.1, 0.15) is 12.7 Å². The molecule has 1 heterocycles. The second-order valence-electron chi connectivity index (χ2n) is 3.75. The lowest BCUT2D eigenvalue weighted by atomic mass is 10.2. The van der Waals surface area contributed by atoms with Crippen LogP contribution in [0, 0.1) is 17.1 Å². The number of H-pyrrole nitrogens is 1. The zero-order valence-electron chi connectivity index (χ0n) is 10.9. The van der Waals surface area contributed by atoms with Gasteiger partial charge in [-0.2, -0.15) is 10.5 Å². The van der Waals surface area contributed by atoms with E-state index < -0.39 is 5.82 Å². The molecule has 1 aromatic heterocycles. The summed E-state index contributed by atoms with van der Waals surface area (Å²) in [6.07, 6.45) is 1.33. The minimum Gasteiger partial charge on any atom is -0.489 e. The molecule has 0 radical (unpaired) electrons. The first kappa shape index (κ1) is 14.7. The van der Waals surface area contributed by atoms with E-state index in [0.717, 1.165) is 0 Å². The zero-order chi connectivity index (χ0) is 15.2. The highest BCUT2D eigenvalue weighted by molar-refractivity contribution is 6.32. The van der Waals surface area contributed by atoms with Gasteiger partial charge in [-0.15, -0.1) is 10.2 Å². The van der Waals surface area contributed by atoms with Gasteiger partial charge in [0.1, 0.15) is 11.6 Å². The molecule has 0 unspecified atom stereocenters. The second kappa shape index (κ2) is 6.67. The van der Waals surface area contributed by atoms with Gasteiger partial charge in [-0.3, -0.25) is 0 Å². The van der Waals surface area contributed by atoms with Crippen molar-refractivity contribution in [2.75, 3.05) is 11.9 Å². The summed E-state index contributed by atoms with van der Waals surface area (Å²) >= 11 is 5.93. The second-order valence-corrected chi connectivity index (χ2v) is 4.16. The Balaban J connectivity index is 2.22. The number of benzene rings is 1. The fraction of sp³-hybridized carbons (Fsp3) is 0.167. The molecule has 1 aromatic carbocycles. The maximum Gasteiger partial charge on any atom is 0.216 e. The Hall–Kier alpha value is -2.66. The Labute approximate surface area is 124 Å². The first-order chi connectivity index (χ1) is 10.2. The molecule has 0 fully saturated rings. The SMILES string of the molecule is CCOc1c(F)cc(NC=C(C#N)c2nn[nH]n2)cc1Cl. The lowest BCUT2D eigenvalue weighted by Crippen LogP contribution is -1.98. The van der Waals surface area contributed by atoms with E-state index in [1.165, 1.54) is 18.3 Å².